The van der Waals surface area contributed by atoms with Crippen LogP contribution in [-0.2, 0) is 21.4 Å². The van der Waals surface area contributed by atoms with Crippen LogP contribution < -0.4 is 4.31 Å². The second kappa shape index (κ2) is 8.62. The minimum absolute atomic E-state index is 0.00399. The molecule has 0 saturated heterocycles. The topological polar surface area (TPSA) is 96.6 Å². The van der Waals surface area contributed by atoms with Crippen molar-refractivity contribution < 1.29 is 22.1 Å². The van der Waals surface area contributed by atoms with Gasteiger partial charge in [0.15, 0.2) is 0 Å². The Morgan fingerprint density at radius 2 is 1.77 bits per heavy atom. The van der Waals surface area contributed by atoms with E-state index in [1.807, 2.05) is 30.3 Å². The molecule has 158 valence electrons. The Kier molecular flexibility index (Phi) is 6.16. The molecule has 0 bridgehead atoms. The van der Waals surface area contributed by atoms with Gasteiger partial charge in [0.25, 0.3) is 0 Å². The number of hydrogen-bond acceptors (Lipinski definition) is 6. The number of amides is 1. The Morgan fingerprint density at radius 3 is 2.37 bits per heavy atom. The average Bonchev–Trinajstić information content (AvgIpc) is 3.17. The molecule has 1 heterocycles. The number of nitrogens with zero attached hydrogens (tertiary/aromatic N) is 4. The molecule has 30 heavy (non-hydrogen) atoms. The second-order valence-electron chi connectivity index (χ2n) is 6.78. The van der Waals surface area contributed by atoms with Gasteiger partial charge < -0.3 is 9.42 Å². The zero-order valence-corrected chi connectivity index (χ0v) is 17.5. The molecule has 1 atom stereocenters. The third-order valence-electron chi connectivity index (χ3n) is 4.40. The van der Waals surface area contributed by atoms with Crippen LogP contribution in [0.3, 0.4) is 0 Å². The fourth-order valence-corrected chi connectivity index (χ4v) is 4.18. The maximum absolute atomic E-state index is 13.2. The molecule has 3 aromatic rings. The standard InChI is InChI=1S/C20H21FN4O4S/c1-14(25(30(3,27)28)17-11-9-16(21)10-12-17)20(26)24(2)13-18-22-19(23-29-18)15-7-5-4-6-8-15/h4-12,14H,13H2,1-3H3. The number of anilines is 1. The molecule has 2 aromatic carbocycles. The predicted octanol–water partition coefficient (Wildman–Crippen LogP) is 2.69. The second-order valence-corrected chi connectivity index (χ2v) is 8.64. The summed E-state index contributed by atoms with van der Waals surface area (Å²) in [6, 6.07) is 13.1. The Bertz CT molecular complexity index is 1120. The first-order valence-corrected chi connectivity index (χ1v) is 10.9. The smallest absolute Gasteiger partial charge is 0.246 e. The van der Waals surface area contributed by atoms with Gasteiger partial charge >= 0.3 is 0 Å². The first kappa shape index (κ1) is 21.4. The number of aromatic nitrogens is 2. The lowest BCUT2D eigenvalue weighted by Crippen LogP contribution is -2.48. The number of halogens is 1. The van der Waals surface area contributed by atoms with Crippen LogP contribution in [-0.4, -0.2) is 48.7 Å². The molecule has 0 radical (unpaired) electrons. The van der Waals surface area contributed by atoms with Crippen molar-refractivity contribution in [1.82, 2.24) is 15.0 Å². The number of rotatable bonds is 7. The molecule has 1 unspecified atom stereocenters. The maximum Gasteiger partial charge on any atom is 0.246 e. The Morgan fingerprint density at radius 1 is 1.13 bits per heavy atom. The molecule has 1 aromatic heterocycles. The molecular formula is C20H21FN4O4S. The zero-order valence-electron chi connectivity index (χ0n) is 16.7. The highest BCUT2D eigenvalue weighted by Gasteiger charge is 2.31. The van der Waals surface area contributed by atoms with Crippen LogP contribution in [0.4, 0.5) is 10.1 Å². The number of carbonyl (C=O) groups excluding carboxylic acids is 1. The van der Waals surface area contributed by atoms with Gasteiger partial charge in [0.05, 0.1) is 18.5 Å². The maximum atomic E-state index is 13.2. The molecular weight excluding hydrogens is 411 g/mol. The summed E-state index contributed by atoms with van der Waals surface area (Å²) >= 11 is 0. The zero-order chi connectivity index (χ0) is 21.9. The number of likely N-dealkylation sites (N-methyl/N-ethyl adjacent to an activating group) is 1. The molecule has 0 saturated carbocycles. The normalized spacial score (nSPS) is 12.4. The van der Waals surface area contributed by atoms with E-state index in [9.17, 15) is 17.6 Å². The van der Waals surface area contributed by atoms with Gasteiger partial charge in [-0.25, -0.2) is 12.8 Å². The van der Waals surface area contributed by atoms with Crippen LogP contribution in [0.15, 0.2) is 59.1 Å². The van der Waals surface area contributed by atoms with Crippen LogP contribution in [0.25, 0.3) is 11.4 Å². The van der Waals surface area contributed by atoms with E-state index in [2.05, 4.69) is 10.1 Å². The highest BCUT2D eigenvalue weighted by Crippen LogP contribution is 2.22. The van der Waals surface area contributed by atoms with E-state index in [-0.39, 0.29) is 18.1 Å². The lowest BCUT2D eigenvalue weighted by molar-refractivity contribution is -0.131. The quantitative estimate of drug-likeness (QED) is 0.570. The molecule has 0 N–H and O–H groups in total. The third kappa shape index (κ3) is 4.82. The van der Waals surface area contributed by atoms with Crippen LogP contribution in [0.5, 0.6) is 0 Å². The molecule has 0 aliphatic rings. The summed E-state index contributed by atoms with van der Waals surface area (Å²) in [5, 5.41) is 3.91. The van der Waals surface area contributed by atoms with Crippen molar-refractivity contribution in [3.63, 3.8) is 0 Å². The molecule has 0 aliphatic heterocycles. The van der Waals surface area contributed by atoms with Crippen molar-refractivity contribution in [3.05, 3.63) is 66.3 Å². The van der Waals surface area contributed by atoms with E-state index >= 15 is 0 Å². The monoisotopic (exact) mass is 432 g/mol. The minimum atomic E-state index is -3.80. The fraction of sp³-hybridized carbons (Fsp3) is 0.250. The summed E-state index contributed by atoms with van der Waals surface area (Å²) in [4.78, 5) is 18.5. The molecule has 0 aliphatic carbocycles. The fourth-order valence-electron chi connectivity index (χ4n) is 3.01. The van der Waals surface area contributed by atoms with Gasteiger partial charge in [-0.2, -0.15) is 4.98 Å². The molecule has 10 heteroatoms. The average molecular weight is 432 g/mol. The molecule has 3 rings (SSSR count). The van der Waals surface area contributed by atoms with Crippen LogP contribution >= 0.6 is 0 Å². The van der Waals surface area contributed by atoms with Gasteiger partial charge in [-0.3, -0.25) is 9.10 Å². The minimum Gasteiger partial charge on any atom is -0.337 e. The molecule has 0 fully saturated rings. The highest BCUT2D eigenvalue weighted by molar-refractivity contribution is 7.92. The van der Waals surface area contributed by atoms with Crippen molar-refractivity contribution in [2.45, 2.75) is 19.5 Å². The first-order chi connectivity index (χ1) is 14.2. The molecule has 0 spiro atoms. The van der Waals surface area contributed by atoms with Gasteiger partial charge in [0.2, 0.25) is 27.6 Å². The Hall–Kier alpha value is -3.27. The van der Waals surface area contributed by atoms with E-state index in [4.69, 9.17) is 4.52 Å². The molecule has 8 nitrogen and oxygen atoms in total. The number of hydrogen-bond donors (Lipinski definition) is 0. The van der Waals surface area contributed by atoms with Crippen molar-refractivity contribution >= 4 is 21.6 Å². The van der Waals surface area contributed by atoms with E-state index in [0.717, 1.165) is 28.3 Å². The molecule has 1 amide bonds. The summed E-state index contributed by atoms with van der Waals surface area (Å²) in [6.07, 6.45) is 0.990. The van der Waals surface area contributed by atoms with Gasteiger partial charge in [0, 0.05) is 12.6 Å². The van der Waals surface area contributed by atoms with Gasteiger partial charge in [-0.05, 0) is 31.2 Å². The van der Waals surface area contributed by atoms with E-state index in [0.29, 0.717) is 5.82 Å². The van der Waals surface area contributed by atoms with Crippen LogP contribution in [0.1, 0.15) is 12.8 Å². The van der Waals surface area contributed by atoms with Crippen molar-refractivity contribution in [1.29, 1.82) is 0 Å². The SMILES string of the molecule is CC(C(=O)N(C)Cc1nc(-c2ccccc2)no1)N(c1ccc(F)cc1)S(C)(=O)=O. The Balaban J connectivity index is 1.77. The summed E-state index contributed by atoms with van der Waals surface area (Å²) in [7, 11) is -2.29. The van der Waals surface area contributed by atoms with Crippen molar-refractivity contribution in [2.75, 3.05) is 17.6 Å². The number of carbonyl (C=O) groups is 1. The largest absolute Gasteiger partial charge is 0.337 e. The summed E-state index contributed by atoms with van der Waals surface area (Å²) in [5.41, 5.74) is 0.965. The van der Waals surface area contributed by atoms with Gasteiger partial charge in [0.1, 0.15) is 11.9 Å². The lowest BCUT2D eigenvalue weighted by Gasteiger charge is -2.30. The third-order valence-corrected chi connectivity index (χ3v) is 5.64. The van der Waals surface area contributed by atoms with Crippen molar-refractivity contribution in [3.8, 4) is 11.4 Å². The summed E-state index contributed by atoms with van der Waals surface area (Å²) in [5.74, 6) is -0.383. The predicted molar refractivity (Wildman–Crippen MR) is 109 cm³/mol. The highest BCUT2D eigenvalue weighted by atomic mass is 32.2. The van der Waals surface area contributed by atoms with Crippen molar-refractivity contribution in [2.24, 2.45) is 0 Å². The van der Waals surface area contributed by atoms with Crippen LogP contribution in [0.2, 0.25) is 0 Å². The number of benzene rings is 2. The first-order valence-electron chi connectivity index (χ1n) is 9.05. The summed E-state index contributed by atoms with van der Waals surface area (Å²) < 4.78 is 44.1. The van der Waals surface area contributed by atoms with E-state index in [1.54, 1.807) is 0 Å². The van der Waals surface area contributed by atoms with Gasteiger partial charge in [-0.15, -0.1) is 0 Å². The van der Waals surface area contributed by atoms with E-state index in [1.165, 1.54) is 31.0 Å². The Labute approximate surface area is 174 Å². The number of sulfonamides is 1. The van der Waals surface area contributed by atoms with Crippen LogP contribution in [0, 0.1) is 5.82 Å². The summed E-state index contributed by atoms with van der Waals surface area (Å²) in [6.45, 7) is 1.47. The lowest BCUT2D eigenvalue weighted by atomic mass is 10.2. The van der Waals surface area contributed by atoms with E-state index < -0.39 is 27.8 Å². The van der Waals surface area contributed by atoms with Gasteiger partial charge in [-0.1, -0.05) is 35.5 Å².